The maximum Gasteiger partial charge on any atom is 0.321 e. The van der Waals surface area contributed by atoms with Crippen molar-refractivity contribution in [3.8, 4) is 6.07 Å². The van der Waals surface area contributed by atoms with Crippen molar-refractivity contribution in [2.45, 2.75) is 31.2 Å². The Labute approximate surface area is 122 Å². The van der Waals surface area contributed by atoms with Crippen LogP contribution in [0.15, 0.2) is 23.1 Å². The Morgan fingerprint density at radius 2 is 2.10 bits per heavy atom. The van der Waals surface area contributed by atoms with Gasteiger partial charge < -0.3 is 5.11 Å². The summed E-state index contributed by atoms with van der Waals surface area (Å²) in [6.45, 7) is 3.49. The highest BCUT2D eigenvalue weighted by Gasteiger charge is 2.28. The molecule has 0 unspecified atom stereocenters. The SMILES string of the molecule is CC(C)C[C@@H](NS(=O)(=O)c1cccc(F)c1C#N)C(=O)O. The van der Waals surface area contributed by atoms with Gasteiger partial charge in [-0.25, -0.2) is 12.8 Å². The fourth-order valence-corrected chi connectivity index (χ4v) is 3.13. The van der Waals surface area contributed by atoms with E-state index in [1.165, 1.54) is 6.07 Å². The van der Waals surface area contributed by atoms with Gasteiger partial charge in [-0.1, -0.05) is 19.9 Å². The second kappa shape index (κ2) is 6.65. The molecule has 0 aliphatic carbocycles. The Morgan fingerprint density at radius 1 is 1.48 bits per heavy atom. The molecule has 0 amide bonds. The summed E-state index contributed by atoms with van der Waals surface area (Å²) in [6, 6.07) is 3.28. The van der Waals surface area contributed by atoms with Crippen LogP contribution in [0.4, 0.5) is 4.39 Å². The Balaban J connectivity index is 3.21. The van der Waals surface area contributed by atoms with E-state index in [0.29, 0.717) is 0 Å². The van der Waals surface area contributed by atoms with Crippen LogP contribution in [0.25, 0.3) is 0 Å². The van der Waals surface area contributed by atoms with E-state index in [0.717, 1.165) is 18.2 Å². The average Bonchev–Trinajstić information content (AvgIpc) is 2.36. The Hall–Kier alpha value is -1.98. The van der Waals surface area contributed by atoms with Crippen molar-refractivity contribution in [2.24, 2.45) is 5.92 Å². The molecule has 1 atom stereocenters. The van der Waals surface area contributed by atoms with Crippen LogP contribution in [0.2, 0.25) is 0 Å². The molecule has 2 N–H and O–H groups in total. The minimum Gasteiger partial charge on any atom is -0.480 e. The van der Waals surface area contributed by atoms with Crippen molar-refractivity contribution in [1.82, 2.24) is 4.72 Å². The molecule has 1 rings (SSSR count). The summed E-state index contributed by atoms with van der Waals surface area (Å²) in [5.41, 5.74) is -0.640. The smallest absolute Gasteiger partial charge is 0.321 e. The zero-order valence-electron chi connectivity index (χ0n) is 11.5. The molecule has 0 spiro atoms. The zero-order valence-corrected chi connectivity index (χ0v) is 12.3. The number of nitrogens with one attached hydrogen (secondary N) is 1. The van der Waals surface area contributed by atoms with Crippen LogP contribution in [0, 0.1) is 23.1 Å². The maximum absolute atomic E-state index is 13.5. The molecule has 1 aromatic carbocycles. The highest BCUT2D eigenvalue weighted by Crippen LogP contribution is 2.19. The third-order valence-electron chi connectivity index (χ3n) is 2.68. The van der Waals surface area contributed by atoms with Crippen LogP contribution in [0.3, 0.4) is 0 Å². The quantitative estimate of drug-likeness (QED) is 0.827. The van der Waals surface area contributed by atoms with E-state index in [4.69, 9.17) is 10.4 Å². The third kappa shape index (κ3) is 4.24. The normalized spacial score (nSPS) is 12.9. The van der Waals surface area contributed by atoms with Gasteiger partial charge >= 0.3 is 5.97 Å². The van der Waals surface area contributed by atoms with Crippen LogP contribution < -0.4 is 4.72 Å². The number of carbonyl (C=O) groups is 1. The molecule has 0 aromatic heterocycles. The molecule has 0 aliphatic rings. The van der Waals surface area contributed by atoms with E-state index in [2.05, 4.69) is 0 Å². The van der Waals surface area contributed by atoms with Gasteiger partial charge in [-0.15, -0.1) is 0 Å². The molecule has 0 aliphatic heterocycles. The Bertz CT molecular complexity index is 680. The first kappa shape index (κ1) is 17.1. The van der Waals surface area contributed by atoms with E-state index in [1.54, 1.807) is 13.8 Å². The number of halogens is 1. The van der Waals surface area contributed by atoms with E-state index in [9.17, 15) is 17.6 Å². The first-order valence-electron chi connectivity index (χ1n) is 6.12. The van der Waals surface area contributed by atoms with Crippen molar-refractivity contribution in [1.29, 1.82) is 5.26 Å². The lowest BCUT2D eigenvalue weighted by molar-refractivity contribution is -0.139. The first-order valence-corrected chi connectivity index (χ1v) is 7.61. The third-order valence-corrected chi connectivity index (χ3v) is 4.19. The molecule has 0 fully saturated rings. The van der Waals surface area contributed by atoms with Crippen molar-refractivity contribution in [3.63, 3.8) is 0 Å². The van der Waals surface area contributed by atoms with Gasteiger partial charge in [0.1, 0.15) is 28.4 Å². The molecule has 114 valence electrons. The van der Waals surface area contributed by atoms with Gasteiger partial charge in [-0.2, -0.15) is 9.98 Å². The van der Waals surface area contributed by atoms with Gasteiger partial charge in [-0.05, 0) is 24.5 Å². The van der Waals surface area contributed by atoms with Crippen LogP contribution in [0.1, 0.15) is 25.8 Å². The lowest BCUT2D eigenvalue weighted by Gasteiger charge is -2.17. The highest BCUT2D eigenvalue weighted by atomic mass is 32.2. The van der Waals surface area contributed by atoms with Crippen LogP contribution in [0.5, 0.6) is 0 Å². The summed E-state index contributed by atoms with van der Waals surface area (Å²) in [6.07, 6.45) is 0.0752. The molecule has 8 heteroatoms. The lowest BCUT2D eigenvalue weighted by atomic mass is 10.1. The van der Waals surface area contributed by atoms with Crippen LogP contribution in [-0.2, 0) is 14.8 Å². The Kier molecular flexibility index (Phi) is 5.41. The molecule has 0 radical (unpaired) electrons. The van der Waals surface area contributed by atoms with Crippen LogP contribution in [-0.4, -0.2) is 25.5 Å². The highest BCUT2D eigenvalue weighted by molar-refractivity contribution is 7.89. The van der Waals surface area contributed by atoms with E-state index in [1.807, 2.05) is 4.72 Å². The molecule has 0 bridgehead atoms. The van der Waals surface area contributed by atoms with Crippen molar-refractivity contribution >= 4 is 16.0 Å². The van der Waals surface area contributed by atoms with Gasteiger partial charge in [0.05, 0.1) is 0 Å². The number of carboxylic acids is 1. The molecule has 6 nitrogen and oxygen atoms in total. The molecule has 0 saturated carbocycles. The maximum atomic E-state index is 13.5. The van der Waals surface area contributed by atoms with Gasteiger partial charge in [0, 0.05) is 0 Å². The van der Waals surface area contributed by atoms with E-state index >= 15 is 0 Å². The second-order valence-corrected chi connectivity index (χ2v) is 6.55. The number of rotatable bonds is 6. The largest absolute Gasteiger partial charge is 0.480 e. The number of hydrogen-bond acceptors (Lipinski definition) is 4. The zero-order chi connectivity index (χ0) is 16.2. The number of benzene rings is 1. The standard InChI is InChI=1S/C13H15FN2O4S/c1-8(2)6-11(13(17)18)16-21(19,20)12-5-3-4-10(14)9(12)7-15/h3-5,8,11,16H,6H2,1-2H3,(H,17,18)/t11-/m1/s1. The number of nitriles is 1. The molecule has 0 saturated heterocycles. The number of aliphatic carboxylic acids is 1. The molecule has 1 aromatic rings. The van der Waals surface area contributed by atoms with Crippen molar-refractivity contribution in [2.75, 3.05) is 0 Å². The van der Waals surface area contributed by atoms with Gasteiger partial charge in [-0.3, -0.25) is 4.79 Å². The number of nitrogens with zero attached hydrogens (tertiary/aromatic N) is 1. The van der Waals surface area contributed by atoms with Gasteiger partial charge in [0.25, 0.3) is 0 Å². The summed E-state index contributed by atoms with van der Waals surface area (Å²) in [4.78, 5) is 10.5. The van der Waals surface area contributed by atoms with Crippen molar-refractivity contribution in [3.05, 3.63) is 29.6 Å². The topological polar surface area (TPSA) is 107 Å². The molecular formula is C13H15FN2O4S. The summed E-state index contributed by atoms with van der Waals surface area (Å²) >= 11 is 0. The summed E-state index contributed by atoms with van der Waals surface area (Å²) < 4.78 is 39.8. The fraction of sp³-hybridized carbons (Fsp3) is 0.385. The predicted octanol–water partition coefficient (Wildman–Crippen LogP) is 1.47. The second-order valence-electron chi connectivity index (χ2n) is 4.87. The summed E-state index contributed by atoms with van der Waals surface area (Å²) in [5.74, 6) is -2.37. The van der Waals surface area contributed by atoms with Gasteiger partial charge in [0.2, 0.25) is 10.0 Å². The van der Waals surface area contributed by atoms with Crippen LogP contribution >= 0.6 is 0 Å². The summed E-state index contributed by atoms with van der Waals surface area (Å²) in [7, 11) is -4.31. The fourth-order valence-electron chi connectivity index (χ4n) is 1.76. The molecule has 21 heavy (non-hydrogen) atoms. The average molecular weight is 314 g/mol. The number of sulfonamides is 1. The minimum absolute atomic E-state index is 0.0586. The van der Waals surface area contributed by atoms with Crippen molar-refractivity contribution < 1.29 is 22.7 Å². The monoisotopic (exact) mass is 314 g/mol. The minimum atomic E-state index is -4.31. The summed E-state index contributed by atoms with van der Waals surface area (Å²) in [5, 5.41) is 17.9. The molecule has 0 heterocycles. The lowest BCUT2D eigenvalue weighted by Crippen LogP contribution is -2.41. The molecular weight excluding hydrogens is 299 g/mol. The predicted molar refractivity (Wildman–Crippen MR) is 72.3 cm³/mol. The first-order chi connectivity index (χ1) is 9.69. The number of hydrogen-bond donors (Lipinski definition) is 2. The van der Waals surface area contributed by atoms with E-state index in [-0.39, 0.29) is 12.3 Å². The van der Waals surface area contributed by atoms with Gasteiger partial charge in [0.15, 0.2) is 0 Å². The Morgan fingerprint density at radius 3 is 2.57 bits per heavy atom. The number of carboxylic acid groups (broad SMARTS) is 1. The van der Waals surface area contributed by atoms with E-state index < -0.39 is 38.3 Å².